The molecule has 0 saturated heterocycles. The number of hydrogen-bond acceptors (Lipinski definition) is 5. The van der Waals surface area contributed by atoms with Crippen LogP contribution in [0.4, 0.5) is 0 Å². The number of furan rings is 1. The molecule has 13 aromatic rings. The predicted octanol–water partition coefficient (Wildman–Crippen LogP) is 16.4. The first-order valence-corrected chi connectivity index (χ1v) is 22.3. The highest BCUT2D eigenvalue weighted by atomic mass is 32.1. The van der Waals surface area contributed by atoms with Crippen LogP contribution >= 0.6 is 11.3 Å². The molecule has 13 rings (SSSR count). The molecule has 0 atom stereocenters. The summed E-state index contributed by atoms with van der Waals surface area (Å²) in [5.74, 6) is 1.91. The molecule has 0 saturated carbocycles. The first-order chi connectivity index (χ1) is 31.7. The Morgan fingerprint density at radius 3 is 1.72 bits per heavy atom. The molecule has 0 amide bonds. The van der Waals surface area contributed by atoms with Crippen molar-refractivity contribution in [3.8, 4) is 67.5 Å². The van der Waals surface area contributed by atoms with Crippen LogP contribution in [0.3, 0.4) is 0 Å². The SMILES string of the molecule is c1ccc(-c2ccc(-c3nc(-c4ccc5ccc(-c6cccc7oc8c(-c9ccc%10ccccc%10c9)cccc8c67)cc5c4)nc(-c4cccc5sc6ccccc6c45)n3)cc2)cc1. The molecule has 0 spiro atoms. The van der Waals surface area contributed by atoms with E-state index in [9.17, 15) is 0 Å². The van der Waals surface area contributed by atoms with Gasteiger partial charge in [0.2, 0.25) is 0 Å². The second-order valence-electron chi connectivity index (χ2n) is 16.3. The largest absolute Gasteiger partial charge is 0.455 e. The Morgan fingerprint density at radius 2 is 0.859 bits per heavy atom. The van der Waals surface area contributed by atoms with E-state index in [0.717, 1.165) is 77.2 Å². The Morgan fingerprint density at radius 1 is 0.312 bits per heavy atom. The molecule has 0 aliphatic rings. The maximum Gasteiger partial charge on any atom is 0.164 e. The average molecular weight is 834 g/mol. The summed E-state index contributed by atoms with van der Waals surface area (Å²) in [6.07, 6.45) is 0. The lowest BCUT2D eigenvalue weighted by atomic mass is 9.95. The summed E-state index contributed by atoms with van der Waals surface area (Å²) in [6, 6.07) is 75.2. The smallest absolute Gasteiger partial charge is 0.164 e. The van der Waals surface area contributed by atoms with Crippen LogP contribution in [0.5, 0.6) is 0 Å². The minimum atomic E-state index is 0.625. The van der Waals surface area contributed by atoms with Crippen molar-refractivity contribution >= 4 is 75.0 Å². The van der Waals surface area contributed by atoms with E-state index < -0.39 is 0 Å². The highest BCUT2D eigenvalue weighted by molar-refractivity contribution is 7.25. The minimum Gasteiger partial charge on any atom is -0.455 e. The molecule has 3 aromatic heterocycles. The predicted molar refractivity (Wildman–Crippen MR) is 268 cm³/mol. The van der Waals surface area contributed by atoms with E-state index in [2.05, 4.69) is 206 Å². The van der Waals surface area contributed by atoms with E-state index >= 15 is 0 Å². The number of thiophene rings is 1. The summed E-state index contributed by atoms with van der Waals surface area (Å²) in [7, 11) is 0. The van der Waals surface area contributed by atoms with Crippen LogP contribution in [-0.4, -0.2) is 15.0 Å². The Labute approximate surface area is 372 Å². The highest BCUT2D eigenvalue weighted by Crippen LogP contribution is 2.43. The van der Waals surface area contributed by atoms with Crippen molar-refractivity contribution in [1.29, 1.82) is 0 Å². The molecule has 3 heterocycles. The van der Waals surface area contributed by atoms with Gasteiger partial charge in [0.15, 0.2) is 17.5 Å². The number of nitrogens with zero attached hydrogens (tertiary/aromatic N) is 3. The molecule has 0 radical (unpaired) electrons. The molecule has 0 bridgehead atoms. The van der Waals surface area contributed by atoms with Gasteiger partial charge >= 0.3 is 0 Å². The molecule has 0 aliphatic carbocycles. The Kier molecular flexibility index (Phi) is 8.36. The molecular formula is C59H35N3OS. The number of para-hydroxylation sites is 1. The lowest BCUT2D eigenvalue weighted by Crippen LogP contribution is -2.00. The first-order valence-electron chi connectivity index (χ1n) is 21.5. The summed E-state index contributed by atoms with van der Waals surface area (Å²) in [5.41, 5.74) is 11.4. The molecule has 0 aliphatic heterocycles. The van der Waals surface area contributed by atoms with E-state index in [0.29, 0.717) is 17.5 Å². The number of hydrogen-bond donors (Lipinski definition) is 0. The van der Waals surface area contributed by atoms with Crippen molar-refractivity contribution in [2.45, 2.75) is 0 Å². The zero-order chi connectivity index (χ0) is 42.1. The first kappa shape index (κ1) is 36.4. The van der Waals surface area contributed by atoms with Crippen LogP contribution in [0, 0.1) is 0 Å². The molecule has 0 N–H and O–H groups in total. The third-order valence-corrected chi connectivity index (χ3v) is 13.7. The second kappa shape index (κ2) is 14.7. The van der Waals surface area contributed by atoms with E-state index in [-0.39, 0.29) is 0 Å². The van der Waals surface area contributed by atoms with E-state index in [4.69, 9.17) is 19.4 Å². The van der Waals surface area contributed by atoms with Crippen LogP contribution in [0.15, 0.2) is 217 Å². The van der Waals surface area contributed by atoms with Gasteiger partial charge in [-0.25, -0.2) is 15.0 Å². The minimum absolute atomic E-state index is 0.625. The standard InChI is InChI=1S/C59H35N3OS/c1-2-11-36(12-3-1)38-23-28-40(29-24-38)57-60-58(62-59(61-57)50-19-10-22-53-55(50)48-15-6-7-21-52(48)64-53)44-32-27-39-26-30-42(34-45(39)35-44)46-16-9-20-51-54(46)49-18-8-17-47(56(49)63-51)43-31-25-37-13-4-5-14-41(37)33-43/h1-35H. The zero-order valence-corrected chi connectivity index (χ0v) is 35.2. The highest BCUT2D eigenvalue weighted by Gasteiger charge is 2.19. The van der Waals surface area contributed by atoms with Gasteiger partial charge in [-0.2, -0.15) is 0 Å². The molecule has 10 aromatic carbocycles. The van der Waals surface area contributed by atoms with Gasteiger partial charge in [0, 0.05) is 53.2 Å². The molecule has 5 heteroatoms. The topological polar surface area (TPSA) is 51.8 Å². The van der Waals surface area contributed by atoms with Gasteiger partial charge in [-0.15, -0.1) is 11.3 Å². The number of rotatable bonds is 6. The van der Waals surface area contributed by atoms with Crippen molar-refractivity contribution in [2.75, 3.05) is 0 Å². The lowest BCUT2D eigenvalue weighted by molar-refractivity contribution is 0.670. The molecule has 298 valence electrons. The molecule has 0 unspecified atom stereocenters. The third-order valence-electron chi connectivity index (χ3n) is 12.5. The number of aromatic nitrogens is 3. The summed E-state index contributed by atoms with van der Waals surface area (Å²) in [4.78, 5) is 15.7. The number of benzene rings is 10. The summed E-state index contributed by atoms with van der Waals surface area (Å²) < 4.78 is 9.17. The molecule has 0 fully saturated rings. The average Bonchev–Trinajstić information content (AvgIpc) is 3.95. The maximum absolute atomic E-state index is 6.72. The van der Waals surface area contributed by atoms with Gasteiger partial charge < -0.3 is 4.42 Å². The zero-order valence-electron chi connectivity index (χ0n) is 34.4. The second-order valence-corrected chi connectivity index (χ2v) is 17.4. The Bertz CT molecular complexity index is 3960. The fraction of sp³-hybridized carbons (Fsp3) is 0. The maximum atomic E-state index is 6.72. The fourth-order valence-corrected chi connectivity index (χ4v) is 10.5. The quantitative estimate of drug-likeness (QED) is 0.167. The molecule has 64 heavy (non-hydrogen) atoms. The number of fused-ring (bicyclic) bond motifs is 8. The van der Waals surface area contributed by atoms with Crippen LogP contribution in [0.2, 0.25) is 0 Å². The van der Waals surface area contributed by atoms with Crippen LogP contribution < -0.4 is 0 Å². The van der Waals surface area contributed by atoms with E-state index in [1.807, 2.05) is 6.07 Å². The van der Waals surface area contributed by atoms with Crippen LogP contribution in [0.25, 0.3) is 131 Å². The third kappa shape index (κ3) is 6.09. The molecule has 4 nitrogen and oxygen atoms in total. The van der Waals surface area contributed by atoms with Gasteiger partial charge in [0.1, 0.15) is 11.2 Å². The van der Waals surface area contributed by atoms with Crippen LogP contribution in [0.1, 0.15) is 0 Å². The summed E-state index contributed by atoms with van der Waals surface area (Å²) >= 11 is 1.80. The summed E-state index contributed by atoms with van der Waals surface area (Å²) in [6.45, 7) is 0. The lowest BCUT2D eigenvalue weighted by Gasteiger charge is -2.11. The van der Waals surface area contributed by atoms with E-state index in [1.54, 1.807) is 11.3 Å². The van der Waals surface area contributed by atoms with Gasteiger partial charge in [-0.1, -0.05) is 176 Å². The van der Waals surface area contributed by atoms with Crippen LogP contribution in [-0.2, 0) is 0 Å². The van der Waals surface area contributed by atoms with Crippen molar-refractivity contribution < 1.29 is 4.42 Å². The van der Waals surface area contributed by atoms with Crippen molar-refractivity contribution in [3.63, 3.8) is 0 Å². The van der Waals surface area contributed by atoms with Crippen molar-refractivity contribution in [1.82, 2.24) is 15.0 Å². The summed E-state index contributed by atoms with van der Waals surface area (Å²) in [5, 5.41) is 9.24. The van der Waals surface area contributed by atoms with Gasteiger partial charge in [-0.3, -0.25) is 0 Å². The van der Waals surface area contributed by atoms with Gasteiger partial charge in [0.25, 0.3) is 0 Å². The van der Waals surface area contributed by atoms with Gasteiger partial charge in [0.05, 0.1) is 0 Å². The normalized spacial score (nSPS) is 11.8. The van der Waals surface area contributed by atoms with Crippen molar-refractivity contribution in [2.24, 2.45) is 0 Å². The Hall–Kier alpha value is -8.25. The van der Waals surface area contributed by atoms with Gasteiger partial charge in [-0.05, 0) is 85.8 Å². The fourth-order valence-electron chi connectivity index (χ4n) is 9.38. The van der Waals surface area contributed by atoms with Crippen molar-refractivity contribution in [3.05, 3.63) is 212 Å². The van der Waals surface area contributed by atoms with E-state index in [1.165, 1.54) is 36.5 Å². The molecular weight excluding hydrogens is 799 g/mol. The monoisotopic (exact) mass is 833 g/mol. The Balaban J connectivity index is 0.948.